The van der Waals surface area contributed by atoms with Crippen LogP contribution in [0, 0.1) is 0 Å². The van der Waals surface area contributed by atoms with Crippen molar-refractivity contribution < 1.29 is 0 Å². The average molecular weight is 323 g/mol. The number of hydrogen-bond donors (Lipinski definition) is 1. The highest BCUT2D eigenvalue weighted by molar-refractivity contribution is 5.85. The van der Waals surface area contributed by atoms with Crippen LogP contribution < -0.4 is 5.73 Å². The second kappa shape index (κ2) is 7.95. The van der Waals surface area contributed by atoms with Crippen LogP contribution in [0.1, 0.15) is 38.3 Å². The van der Waals surface area contributed by atoms with Crippen LogP contribution in [-0.2, 0) is 13.1 Å². The number of likely N-dealkylation sites (tertiary alicyclic amines) is 1. The molecule has 1 fully saturated rings. The highest BCUT2D eigenvalue weighted by Crippen LogP contribution is 2.25. The minimum atomic E-state index is 0. The standard InChI is InChI=1S/C17H26N4.ClH/c1-2-21-17-9-4-3-8-15(17)16(19-21)13-20-12-6-5-7-14(20)10-11-18;/h3-4,8-9,14H,2,5-7,10-13,18H2,1H3;1H. The summed E-state index contributed by atoms with van der Waals surface area (Å²) < 4.78 is 2.12. The van der Waals surface area contributed by atoms with Crippen molar-refractivity contribution >= 4 is 23.3 Å². The van der Waals surface area contributed by atoms with E-state index in [1.165, 1.54) is 42.4 Å². The SMILES string of the molecule is CCn1nc(CN2CCCCC2CCN)c2ccccc21.Cl. The molecule has 3 rings (SSSR count). The monoisotopic (exact) mass is 322 g/mol. The molecule has 0 bridgehead atoms. The summed E-state index contributed by atoms with van der Waals surface area (Å²) in [5.74, 6) is 0. The molecule has 1 aliphatic rings. The Balaban J connectivity index is 0.00000176. The van der Waals surface area contributed by atoms with Gasteiger partial charge in [-0.05, 0) is 45.3 Å². The topological polar surface area (TPSA) is 47.1 Å². The molecule has 2 aromatic rings. The van der Waals surface area contributed by atoms with Crippen molar-refractivity contribution in [2.24, 2.45) is 5.73 Å². The van der Waals surface area contributed by atoms with Gasteiger partial charge in [-0.25, -0.2) is 0 Å². The number of aromatic nitrogens is 2. The van der Waals surface area contributed by atoms with E-state index in [9.17, 15) is 0 Å². The number of hydrogen-bond acceptors (Lipinski definition) is 3. The molecule has 1 unspecified atom stereocenters. The summed E-state index contributed by atoms with van der Waals surface area (Å²) in [5.41, 5.74) is 8.26. The summed E-state index contributed by atoms with van der Waals surface area (Å²) in [6.07, 6.45) is 5.02. The summed E-state index contributed by atoms with van der Waals surface area (Å²) >= 11 is 0. The Hall–Kier alpha value is -1.10. The normalized spacial score (nSPS) is 19.3. The number of piperidine rings is 1. The Kier molecular flexibility index (Phi) is 6.24. The average Bonchev–Trinajstić information content (AvgIpc) is 2.88. The fraction of sp³-hybridized carbons (Fsp3) is 0.588. The van der Waals surface area contributed by atoms with Crippen molar-refractivity contribution in [3.8, 4) is 0 Å². The fourth-order valence-corrected chi connectivity index (χ4v) is 3.53. The molecule has 122 valence electrons. The van der Waals surface area contributed by atoms with Gasteiger partial charge in [0, 0.05) is 24.5 Å². The van der Waals surface area contributed by atoms with Crippen LogP contribution in [0.3, 0.4) is 0 Å². The zero-order valence-corrected chi connectivity index (χ0v) is 14.2. The summed E-state index contributed by atoms with van der Waals surface area (Å²) in [6.45, 7) is 6.00. The minimum absolute atomic E-state index is 0. The number of halogens is 1. The first kappa shape index (κ1) is 17.3. The first-order valence-electron chi connectivity index (χ1n) is 8.22. The van der Waals surface area contributed by atoms with Gasteiger partial charge in [-0.3, -0.25) is 9.58 Å². The van der Waals surface area contributed by atoms with Gasteiger partial charge >= 0.3 is 0 Å². The number of nitrogens with zero attached hydrogens (tertiary/aromatic N) is 3. The van der Waals surface area contributed by atoms with E-state index in [-0.39, 0.29) is 12.4 Å². The Labute approximate surface area is 139 Å². The maximum Gasteiger partial charge on any atom is 0.0843 e. The maximum absolute atomic E-state index is 5.78. The van der Waals surface area contributed by atoms with E-state index in [0.717, 1.165) is 26.1 Å². The highest BCUT2D eigenvalue weighted by Gasteiger charge is 2.23. The van der Waals surface area contributed by atoms with Crippen LogP contribution in [0.25, 0.3) is 10.9 Å². The van der Waals surface area contributed by atoms with Gasteiger partial charge in [0.15, 0.2) is 0 Å². The molecule has 1 aromatic carbocycles. The number of fused-ring (bicyclic) bond motifs is 1. The van der Waals surface area contributed by atoms with Crippen molar-refractivity contribution in [1.29, 1.82) is 0 Å². The predicted molar refractivity (Wildman–Crippen MR) is 94.4 cm³/mol. The Morgan fingerprint density at radius 3 is 2.86 bits per heavy atom. The van der Waals surface area contributed by atoms with E-state index in [4.69, 9.17) is 10.8 Å². The van der Waals surface area contributed by atoms with E-state index in [1.807, 2.05) is 0 Å². The zero-order valence-electron chi connectivity index (χ0n) is 13.4. The Bertz CT molecular complexity index is 593. The quantitative estimate of drug-likeness (QED) is 0.919. The van der Waals surface area contributed by atoms with Crippen LogP contribution >= 0.6 is 12.4 Å². The molecule has 1 aliphatic heterocycles. The smallest absolute Gasteiger partial charge is 0.0843 e. The second-order valence-corrected chi connectivity index (χ2v) is 5.98. The van der Waals surface area contributed by atoms with Crippen LogP contribution in [0.5, 0.6) is 0 Å². The molecule has 4 nitrogen and oxygen atoms in total. The lowest BCUT2D eigenvalue weighted by molar-refractivity contribution is 0.132. The van der Waals surface area contributed by atoms with Crippen molar-refractivity contribution in [1.82, 2.24) is 14.7 Å². The summed E-state index contributed by atoms with van der Waals surface area (Å²) in [6, 6.07) is 9.21. The lowest BCUT2D eigenvalue weighted by Crippen LogP contribution is -2.40. The van der Waals surface area contributed by atoms with Crippen molar-refractivity contribution in [3.63, 3.8) is 0 Å². The molecule has 0 saturated carbocycles. The molecule has 2 N–H and O–H groups in total. The van der Waals surface area contributed by atoms with E-state index in [1.54, 1.807) is 0 Å². The second-order valence-electron chi connectivity index (χ2n) is 5.98. The zero-order chi connectivity index (χ0) is 14.7. The predicted octanol–water partition coefficient (Wildman–Crippen LogP) is 3.18. The fourth-order valence-electron chi connectivity index (χ4n) is 3.53. The summed E-state index contributed by atoms with van der Waals surface area (Å²) in [4.78, 5) is 2.59. The maximum atomic E-state index is 5.78. The molecule has 0 amide bonds. The van der Waals surface area contributed by atoms with Gasteiger partial charge in [-0.1, -0.05) is 24.6 Å². The van der Waals surface area contributed by atoms with Gasteiger partial charge in [0.25, 0.3) is 0 Å². The largest absolute Gasteiger partial charge is 0.330 e. The number of benzene rings is 1. The third-order valence-corrected chi connectivity index (χ3v) is 4.64. The molecule has 2 heterocycles. The van der Waals surface area contributed by atoms with Crippen LogP contribution in [0.4, 0.5) is 0 Å². The van der Waals surface area contributed by atoms with Crippen LogP contribution in [-0.4, -0.2) is 33.8 Å². The molecule has 1 atom stereocenters. The summed E-state index contributed by atoms with van der Waals surface area (Å²) in [7, 11) is 0. The number of aryl methyl sites for hydroxylation is 1. The Morgan fingerprint density at radius 1 is 1.27 bits per heavy atom. The Morgan fingerprint density at radius 2 is 2.09 bits per heavy atom. The lowest BCUT2D eigenvalue weighted by atomic mass is 9.99. The van der Waals surface area contributed by atoms with Crippen molar-refractivity contribution in [2.75, 3.05) is 13.1 Å². The molecule has 1 saturated heterocycles. The van der Waals surface area contributed by atoms with E-state index < -0.39 is 0 Å². The number of nitrogens with two attached hydrogens (primary N) is 1. The van der Waals surface area contributed by atoms with E-state index in [0.29, 0.717) is 6.04 Å². The first-order valence-corrected chi connectivity index (χ1v) is 8.22. The van der Waals surface area contributed by atoms with Gasteiger partial charge in [-0.2, -0.15) is 5.10 Å². The van der Waals surface area contributed by atoms with Gasteiger partial charge < -0.3 is 5.73 Å². The molecular formula is C17H27ClN4. The number of para-hydroxylation sites is 1. The lowest BCUT2D eigenvalue weighted by Gasteiger charge is -2.35. The van der Waals surface area contributed by atoms with E-state index >= 15 is 0 Å². The molecule has 5 heteroatoms. The van der Waals surface area contributed by atoms with Gasteiger partial charge in [0.05, 0.1) is 11.2 Å². The van der Waals surface area contributed by atoms with Crippen LogP contribution in [0.2, 0.25) is 0 Å². The molecular weight excluding hydrogens is 296 g/mol. The van der Waals surface area contributed by atoms with E-state index in [2.05, 4.69) is 40.8 Å². The van der Waals surface area contributed by atoms with Crippen molar-refractivity contribution in [3.05, 3.63) is 30.0 Å². The van der Waals surface area contributed by atoms with Crippen molar-refractivity contribution in [2.45, 2.75) is 51.7 Å². The van der Waals surface area contributed by atoms with Gasteiger partial charge in [0.2, 0.25) is 0 Å². The van der Waals surface area contributed by atoms with Gasteiger partial charge in [0.1, 0.15) is 0 Å². The molecule has 0 radical (unpaired) electrons. The first-order chi connectivity index (χ1) is 10.3. The highest BCUT2D eigenvalue weighted by atomic mass is 35.5. The minimum Gasteiger partial charge on any atom is -0.330 e. The molecule has 22 heavy (non-hydrogen) atoms. The van der Waals surface area contributed by atoms with Gasteiger partial charge in [-0.15, -0.1) is 12.4 Å². The molecule has 1 aromatic heterocycles. The summed E-state index contributed by atoms with van der Waals surface area (Å²) in [5, 5.41) is 6.14. The third-order valence-electron chi connectivity index (χ3n) is 4.64. The molecule has 0 spiro atoms. The van der Waals surface area contributed by atoms with Crippen LogP contribution in [0.15, 0.2) is 24.3 Å². The number of rotatable bonds is 5. The third kappa shape index (κ3) is 3.45. The molecule has 0 aliphatic carbocycles.